The second kappa shape index (κ2) is 7.70. The van der Waals surface area contributed by atoms with Gasteiger partial charge in [0.1, 0.15) is 0 Å². The maximum atomic E-state index is 12.6. The molecule has 0 unspecified atom stereocenters. The molecule has 6 heteroatoms. The third kappa shape index (κ3) is 4.12. The maximum absolute atomic E-state index is 12.6. The van der Waals surface area contributed by atoms with Crippen LogP contribution in [0.3, 0.4) is 0 Å². The highest BCUT2D eigenvalue weighted by molar-refractivity contribution is 9.10. The molecule has 1 aromatic heterocycles. The second-order valence-corrected chi connectivity index (χ2v) is 8.26. The van der Waals surface area contributed by atoms with Crippen molar-refractivity contribution in [3.63, 3.8) is 0 Å². The Morgan fingerprint density at radius 1 is 1.16 bits per heavy atom. The summed E-state index contributed by atoms with van der Waals surface area (Å²) in [7, 11) is 0. The van der Waals surface area contributed by atoms with Crippen LogP contribution in [0, 0.1) is 6.92 Å². The van der Waals surface area contributed by atoms with Gasteiger partial charge in [0, 0.05) is 20.4 Å². The second-order valence-electron chi connectivity index (χ2n) is 6.46. The van der Waals surface area contributed by atoms with Crippen LogP contribution < -0.4 is 5.32 Å². The summed E-state index contributed by atoms with van der Waals surface area (Å²) in [5, 5.41) is 13.9. The Kier molecular flexibility index (Phi) is 5.59. The van der Waals surface area contributed by atoms with Crippen molar-refractivity contribution < 1.29 is 14.7 Å². The third-order valence-corrected chi connectivity index (χ3v) is 6.65. The van der Waals surface area contributed by atoms with Gasteiger partial charge in [-0.25, -0.2) is 4.79 Å². The summed E-state index contributed by atoms with van der Waals surface area (Å²) < 4.78 is 0.663. The Labute approximate surface area is 159 Å². The number of carboxylic acid groups (broad SMARTS) is 1. The number of carbonyl (C=O) groups is 2. The summed E-state index contributed by atoms with van der Waals surface area (Å²) in [6.45, 7) is 1.84. The van der Waals surface area contributed by atoms with Gasteiger partial charge >= 0.3 is 5.97 Å². The lowest BCUT2D eigenvalue weighted by molar-refractivity contribution is 0.0696. The number of hydrogen-bond acceptors (Lipinski definition) is 3. The van der Waals surface area contributed by atoms with Gasteiger partial charge in [-0.3, -0.25) is 4.79 Å². The zero-order chi connectivity index (χ0) is 18.0. The first-order valence-electron chi connectivity index (χ1n) is 8.39. The average Bonchev–Trinajstić information content (AvgIpc) is 3.09. The Morgan fingerprint density at radius 3 is 2.56 bits per heavy atom. The minimum absolute atomic E-state index is 0.140. The van der Waals surface area contributed by atoms with Crippen molar-refractivity contribution in [3.8, 4) is 0 Å². The first-order valence-corrected chi connectivity index (χ1v) is 10.1. The largest absolute Gasteiger partial charge is 0.478 e. The number of hydrogen-bond donors (Lipinski definition) is 2. The number of benzene rings is 1. The Hall–Kier alpha value is -1.66. The first-order chi connectivity index (χ1) is 12.0. The van der Waals surface area contributed by atoms with Gasteiger partial charge in [0.05, 0.1) is 11.1 Å². The molecule has 1 heterocycles. The number of amides is 1. The number of carbonyl (C=O) groups excluding carboxylic acids is 1. The van der Waals surface area contributed by atoms with Crippen molar-refractivity contribution in [3.05, 3.63) is 49.6 Å². The van der Waals surface area contributed by atoms with Crippen LogP contribution in [-0.2, 0) is 0 Å². The summed E-state index contributed by atoms with van der Waals surface area (Å²) in [6, 6.07) is 5.02. The highest BCUT2D eigenvalue weighted by atomic mass is 79.9. The van der Waals surface area contributed by atoms with E-state index in [2.05, 4.69) is 21.2 Å². The van der Waals surface area contributed by atoms with Gasteiger partial charge in [-0.05, 0) is 49.4 Å². The van der Waals surface area contributed by atoms with Crippen molar-refractivity contribution in [2.75, 3.05) is 5.32 Å². The van der Waals surface area contributed by atoms with Gasteiger partial charge in [0.25, 0.3) is 5.91 Å². The predicted octanol–water partition coefficient (Wildman–Crippen LogP) is 5.82. The smallest absolute Gasteiger partial charge is 0.335 e. The van der Waals surface area contributed by atoms with Crippen molar-refractivity contribution in [2.45, 2.75) is 44.9 Å². The van der Waals surface area contributed by atoms with Gasteiger partial charge in [-0.2, -0.15) is 0 Å². The molecule has 1 saturated carbocycles. The molecule has 1 aliphatic carbocycles. The topological polar surface area (TPSA) is 66.4 Å². The van der Waals surface area contributed by atoms with E-state index in [4.69, 9.17) is 0 Å². The molecule has 2 aromatic rings. The van der Waals surface area contributed by atoms with Gasteiger partial charge < -0.3 is 10.4 Å². The lowest BCUT2D eigenvalue weighted by Gasteiger charge is -2.19. The number of anilines is 1. The van der Waals surface area contributed by atoms with E-state index >= 15 is 0 Å². The van der Waals surface area contributed by atoms with Crippen LogP contribution in [0.4, 0.5) is 5.69 Å². The van der Waals surface area contributed by atoms with Crippen LogP contribution >= 0.6 is 27.3 Å². The monoisotopic (exact) mass is 421 g/mol. The molecule has 1 amide bonds. The molecule has 0 saturated heterocycles. The van der Waals surface area contributed by atoms with E-state index in [-0.39, 0.29) is 11.5 Å². The van der Waals surface area contributed by atoms with E-state index < -0.39 is 5.97 Å². The minimum atomic E-state index is -1.02. The summed E-state index contributed by atoms with van der Waals surface area (Å²) in [6.07, 6.45) is 6.24. The van der Waals surface area contributed by atoms with Crippen LogP contribution in [0.1, 0.15) is 69.2 Å². The van der Waals surface area contributed by atoms with Crippen molar-refractivity contribution in [1.82, 2.24) is 0 Å². The predicted molar refractivity (Wildman–Crippen MR) is 104 cm³/mol. The Bertz CT molecular complexity index is 809. The van der Waals surface area contributed by atoms with Gasteiger partial charge in [0.2, 0.25) is 0 Å². The van der Waals surface area contributed by atoms with Crippen LogP contribution in [0.25, 0.3) is 0 Å². The van der Waals surface area contributed by atoms with Gasteiger partial charge in [-0.1, -0.05) is 35.2 Å². The van der Waals surface area contributed by atoms with Gasteiger partial charge in [0.15, 0.2) is 0 Å². The zero-order valence-electron chi connectivity index (χ0n) is 14.0. The maximum Gasteiger partial charge on any atom is 0.335 e. The molecule has 1 aromatic carbocycles. The fourth-order valence-electron chi connectivity index (χ4n) is 3.20. The fourth-order valence-corrected chi connectivity index (χ4v) is 4.72. The molecule has 0 spiro atoms. The molecule has 0 atom stereocenters. The van der Waals surface area contributed by atoms with E-state index in [0.717, 1.165) is 5.56 Å². The molecule has 0 aliphatic heterocycles. The van der Waals surface area contributed by atoms with E-state index in [1.54, 1.807) is 17.4 Å². The summed E-state index contributed by atoms with van der Waals surface area (Å²) in [5.74, 6) is -0.645. The van der Waals surface area contributed by atoms with Crippen LogP contribution in [0.2, 0.25) is 0 Å². The highest BCUT2D eigenvalue weighted by Crippen LogP contribution is 2.36. The molecule has 1 aliphatic rings. The molecule has 25 heavy (non-hydrogen) atoms. The number of thiophene rings is 1. The van der Waals surface area contributed by atoms with Gasteiger partial charge in [-0.15, -0.1) is 11.3 Å². The highest BCUT2D eigenvalue weighted by Gasteiger charge is 2.19. The number of aromatic carboxylic acids is 1. The molecule has 132 valence electrons. The third-order valence-electron chi connectivity index (χ3n) is 4.73. The summed E-state index contributed by atoms with van der Waals surface area (Å²) in [4.78, 5) is 25.1. The standard InChI is InChI=1S/C19H20BrNO3S/c1-11-15(20)7-13(19(23)24)8-16(11)21-18(22)14-9-17(25-10-14)12-5-3-2-4-6-12/h7-10,12H,2-6H2,1H3,(H,21,22)(H,23,24). The lowest BCUT2D eigenvalue weighted by Crippen LogP contribution is -2.13. The van der Waals surface area contributed by atoms with E-state index in [9.17, 15) is 14.7 Å². The number of halogens is 1. The summed E-state index contributed by atoms with van der Waals surface area (Å²) in [5.41, 5.74) is 2.10. The van der Waals surface area contributed by atoms with E-state index in [1.165, 1.54) is 43.0 Å². The van der Waals surface area contributed by atoms with E-state index in [1.807, 2.05) is 18.4 Å². The molecule has 0 bridgehead atoms. The van der Waals surface area contributed by atoms with Crippen LogP contribution in [0.5, 0.6) is 0 Å². The zero-order valence-corrected chi connectivity index (χ0v) is 16.4. The number of nitrogens with one attached hydrogen (secondary N) is 1. The number of carboxylic acids is 1. The average molecular weight is 422 g/mol. The minimum Gasteiger partial charge on any atom is -0.478 e. The normalized spacial score (nSPS) is 15.1. The molecular weight excluding hydrogens is 402 g/mol. The molecule has 1 fully saturated rings. The molecule has 4 nitrogen and oxygen atoms in total. The van der Waals surface area contributed by atoms with Crippen molar-refractivity contribution in [2.24, 2.45) is 0 Å². The fraction of sp³-hybridized carbons (Fsp3) is 0.368. The number of rotatable bonds is 4. The van der Waals surface area contributed by atoms with E-state index in [0.29, 0.717) is 21.6 Å². The Morgan fingerprint density at radius 2 is 1.88 bits per heavy atom. The molecule has 2 N–H and O–H groups in total. The molecule has 3 rings (SSSR count). The SMILES string of the molecule is Cc1c(Br)cc(C(=O)O)cc1NC(=O)c1csc(C2CCCCC2)c1. The lowest BCUT2D eigenvalue weighted by atomic mass is 9.88. The van der Waals surface area contributed by atoms with Crippen LogP contribution in [0.15, 0.2) is 28.1 Å². The van der Waals surface area contributed by atoms with Crippen molar-refractivity contribution >= 4 is 44.8 Å². The quantitative estimate of drug-likeness (QED) is 0.653. The molecule has 0 radical (unpaired) electrons. The van der Waals surface area contributed by atoms with Crippen molar-refractivity contribution in [1.29, 1.82) is 0 Å². The first kappa shape index (κ1) is 18.1. The van der Waals surface area contributed by atoms with Crippen LogP contribution in [-0.4, -0.2) is 17.0 Å². The molecular formula is C19H20BrNO3S. The summed E-state index contributed by atoms with van der Waals surface area (Å²) >= 11 is 5.00. The Balaban J connectivity index is 1.78.